The van der Waals surface area contributed by atoms with Gasteiger partial charge in [-0.1, -0.05) is 30.3 Å². The molecule has 122 valence electrons. The molecule has 4 rings (SSSR count). The van der Waals surface area contributed by atoms with E-state index in [-0.39, 0.29) is 5.91 Å². The number of amides is 1. The Balaban J connectivity index is 1.44. The smallest absolute Gasteiger partial charge is 0.224 e. The van der Waals surface area contributed by atoms with E-state index in [4.69, 9.17) is 0 Å². The number of H-pyrrole nitrogens is 1. The van der Waals surface area contributed by atoms with Crippen LogP contribution >= 0.6 is 0 Å². The molecule has 1 amide bonds. The molecule has 0 atom stereocenters. The Morgan fingerprint density at radius 1 is 1.25 bits per heavy atom. The molecular weight excluding hydrogens is 304 g/mol. The van der Waals surface area contributed by atoms with Gasteiger partial charge in [0, 0.05) is 24.9 Å². The first-order chi connectivity index (χ1) is 11.8. The highest BCUT2D eigenvalue weighted by Crippen LogP contribution is 2.22. The molecule has 0 fully saturated rings. The molecule has 0 bridgehead atoms. The number of rotatable bonds is 4. The van der Waals surface area contributed by atoms with Gasteiger partial charge in [0.1, 0.15) is 18.5 Å². The summed E-state index contributed by atoms with van der Waals surface area (Å²) >= 11 is 0. The SMILES string of the molecule is O=C(CCn1cncn1)N1CCc2nc(-c3ccccc3)[nH]c2C1. The third-order valence-corrected chi connectivity index (χ3v) is 4.25. The molecule has 7 heteroatoms. The largest absolute Gasteiger partial charge is 0.340 e. The fraction of sp³-hybridized carbons (Fsp3) is 0.294. The third-order valence-electron chi connectivity index (χ3n) is 4.25. The molecule has 1 N–H and O–H groups in total. The second-order valence-corrected chi connectivity index (χ2v) is 5.85. The van der Waals surface area contributed by atoms with Crippen molar-refractivity contribution in [2.24, 2.45) is 0 Å². The van der Waals surface area contributed by atoms with Gasteiger partial charge >= 0.3 is 0 Å². The van der Waals surface area contributed by atoms with Crippen molar-refractivity contribution >= 4 is 5.91 Å². The van der Waals surface area contributed by atoms with Crippen molar-refractivity contribution in [2.45, 2.75) is 25.9 Å². The van der Waals surface area contributed by atoms with E-state index in [0.29, 0.717) is 26.1 Å². The summed E-state index contributed by atoms with van der Waals surface area (Å²) in [5, 5.41) is 4.02. The van der Waals surface area contributed by atoms with Gasteiger partial charge in [-0.2, -0.15) is 5.10 Å². The van der Waals surface area contributed by atoms with E-state index < -0.39 is 0 Å². The average Bonchev–Trinajstić information content (AvgIpc) is 3.29. The van der Waals surface area contributed by atoms with Crippen molar-refractivity contribution in [3.8, 4) is 11.4 Å². The van der Waals surface area contributed by atoms with E-state index in [2.05, 4.69) is 20.1 Å². The topological polar surface area (TPSA) is 79.7 Å². The summed E-state index contributed by atoms with van der Waals surface area (Å²) in [5.41, 5.74) is 3.17. The summed E-state index contributed by atoms with van der Waals surface area (Å²) in [6, 6.07) is 10.0. The van der Waals surface area contributed by atoms with Crippen LogP contribution in [0.3, 0.4) is 0 Å². The molecule has 3 aromatic rings. The van der Waals surface area contributed by atoms with Gasteiger partial charge in [0.15, 0.2) is 0 Å². The van der Waals surface area contributed by atoms with Crippen molar-refractivity contribution in [1.29, 1.82) is 0 Å². The highest BCUT2D eigenvalue weighted by atomic mass is 16.2. The van der Waals surface area contributed by atoms with Gasteiger partial charge < -0.3 is 9.88 Å². The van der Waals surface area contributed by atoms with E-state index in [1.807, 2.05) is 35.2 Å². The normalized spacial score (nSPS) is 13.8. The molecule has 0 unspecified atom stereocenters. The number of hydrogen-bond donors (Lipinski definition) is 1. The zero-order valence-corrected chi connectivity index (χ0v) is 13.2. The predicted octanol–water partition coefficient (Wildman–Crippen LogP) is 1.64. The molecule has 1 aromatic carbocycles. The summed E-state index contributed by atoms with van der Waals surface area (Å²) in [6.07, 6.45) is 4.32. The number of carbonyl (C=O) groups excluding carboxylic acids is 1. The Kier molecular flexibility index (Phi) is 3.82. The minimum absolute atomic E-state index is 0.131. The van der Waals surface area contributed by atoms with Crippen LogP contribution in [0.4, 0.5) is 0 Å². The van der Waals surface area contributed by atoms with Crippen LogP contribution in [0.25, 0.3) is 11.4 Å². The van der Waals surface area contributed by atoms with Gasteiger partial charge in [-0.05, 0) is 0 Å². The van der Waals surface area contributed by atoms with Crippen LogP contribution in [0.1, 0.15) is 17.8 Å². The molecular formula is C17H18N6O. The minimum atomic E-state index is 0.131. The maximum Gasteiger partial charge on any atom is 0.224 e. The van der Waals surface area contributed by atoms with E-state index in [1.54, 1.807) is 11.0 Å². The first-order valence-corrected chi connectivity index (χ1v) is 8.03. The molecule has 2 aromatic heterocycles. The van der Waals surface area contributed by atoms with E-state index in [1.165, 1.54) is 6.33 Å². The Morgan fingerprint density at radius 2 is 2.12 bits per heavy atom. The molecule has 0 spiro atoms. The van der Waals surface area contributed by atoms with Gasteiger partial charge in [-0.15, -0.1) is 0 Å². The lowest BCUT2D eigenvalue weighted by molar-refractivity contribution is -0.132. The summed E-state index contributed by atoms with van der Waals surface area (Å²) in [4.78, 5) is 26.2. The number of fused-ring (bicyclic) bond motifs is 1. The zero-order chi connectivity index (χ0) is 16.4. The Labute approximate surface area is 139 Å². The first-order valence-electron chi connectivity index (χ1n) is 8.03. The summed E-state index contributed by atoms with van der Waals surface area (Å²) in [6.45, 7) is 1.86. The van der Waals surface area contributed by atoms with E-state index in [9.17, 15) is 4.79 Å². The molecule has 3 heterocycles. The van der Waals surface area contributed by atoms with E-state index >= 15 is 0 Å². The van der Waals surface area contributed by atoms with Crippen LogP contribution in [0, 0.1) is 0 Å². The van der Waals surface area contributed by atoms with E-state index in [0.717, 1.165) is 29.2 Å². The lowest BCUT2D eigenvalue weighted by atomic mass is 10.1. The second kappa shape index (κ2) is 6.27. The van der Waals surface area contributed by atoms with Crippen LogP contribution in [0.2, 0.25) is 0 Å². The standard InChI is InChI=1S/C17H18N6O/c24-16(7-9-23-12-18-11-19-23)22-8-6-14-15(10-22)21-17(20-14)13-4-2-1-3-5-13/h1-5,11-12H,6-10H2,(H,20,21). The summed E-state index contributed by atoms with van der Waals surface area (Å²) in [5.74, 6) is 1.00. The van der Waals surface area contributed by atoms with Crippen molar-refractivity contribution in [1.82, 2.24) is 29.6 Å². The maximum absolute atomic E-state index is 12.4. The van der Waals surface area contributed by atoms with Gasteiger partial charge in [-0.3, -0.25) is 9.48 Å². The number of aromatic amines is 1. The minimum Gasteiger partial charge on any atom is -0.340 e. The number of carbonyl (C=O) groups is 1. The molecule has 0 aliphatic carbocycles. The van der Waals surface area contributed by atoms with Crippen LogP contribution in [-0.2, 0) is 24.3 Å². The summed E-state index contributed by atoms with van der Waals surface area (Å²) in [7, 11) is 0. The highest BCUT2D eigenvalue weighted by Gasteiger charge is 2.23. The monoisotopic (exact) mass is 322 g/mol. The van der Waals surface area contributed by atoms with Crippen LogP contribution in [-0.4, -0.2) is 42.1 Å². The van der Waals surface area contributed by atoms with Crippen LogP contribution < -0.4 is 0 Å². The highest BCUT2D eigenvalue weighted by molar-refractivity contribution is 5.76. The molecule has 0 saturated carbocycles. The first kappa shape index (κ1) is 14.6. The molecule has 24 heavy (non-hydrogen) atoms. The van der Waals surface area contributed by atoms with Crippen molar-refractivity contribution in [3.05, 3.63) is 54.4 Å². The van der Waals surface area contributed by atoms with Gasteiger partial charge in [-0.25, -0.2) is 9.97 Å². The van der Waals surface area contributed by atoms with Gasteiger partial charge in [0.2, 0.25) is 5.91 Å². The number of nitrogens with one attached hydrogen (secondary N) is 1. The van der Waals surface area contributed by atoms with Crippen molar-refractivity contribution in [2.75, 3.05) is 6.54 Å². The van der Waals surface area contributed by atoms with Crippen molar-refractivity contribution < 1.29 is 4.79 Å². The second-order valence-electron chi connectivity index (χ2n) is 5.85. The van der Waals surface area contributed by atoms with Gasteiger partial charge in [0.25, 0.3) is 0 Å². The average molecular weight is 322 g/mol. The lowest BCUT2D eigenvalue weighted by Crippen LogP contribution is -2.36. The fourth-order valence-electron chi connectivity index (χ4n) is 2.96. The Hall–Kier alpha value is -2.96. The molecule has 0 radical (unpaired) electrons. The Bertz CT molecular complexity index is 824. The number of aryl methyl sites for hydroxylation is 1. The molecule has 7 nitrogen and oxygen atoms in total. The van der Waals surface area contributed by atoms with Crippen molar-refractivity contribution in [3.63, 3.8) is 0 Å². The summed E-state index contributed by atoms with van der Waals surface area (Å²) < 4.78 is 1.68. The number of aromatic nitrogens is 5. The third kappa shape index (κ3) is 2.92. The number of benzene rings is 1. The number of nitrogens with zero attached hydrogens (tertiary/aromatic N) is 5. The zero-order valence-electron chi connectivity index (χ0n) is 13.2. The number of hydrogen-bond acceptors (Lipinski definition) is 4. The van der Waals surface area contributed by atoms with Crippen LogP contribution in [0.5, 0.6) is 0 Å². The predicted molar refractivity (Wildman–Crippen MR) is 87.8 cm³/mol. The Morgan fingerprint density at radius 3 is 2.92 bits per heavy atom. The van der Waals surface area contributed by atoms with Gasteiger partial charge in [0.05, 0.1) is 24.5 Å². The lowest BCUT2D eigenvalue weighted by Gasteiger charge is -2.26. The van der Waals surface area contributed by atoms with Crippen LogP contribution in [0.15, 0.2) is 43.0 Å². The molecule has 1 aliphatic heterocycles. The number of imidazole rings is 1. The molecule has 1 aliphatic rings. The fourth-order valence-corrected chi connectivity index (χ4v) is 2.96. The maximum atomic E-state index is 12.4. The molecule has 0 saturated heterocycles. The quantitative estimate of drug-likeness (QED) is 0.792.